The first-order valence-corrected chi connectivity index (χ1v) is 8.29. The largest absolute Gasteiger partial charge is 0.496 e. The lowest BCUT2D eigenvalue weighted by Crippen LogP contribution is -2.40. The maximum atomic E-state index is 13.3. The molecule has 3 rings (SSSR count). The summed E-state index contributed by atoms with van der Waals surface area (Å²) in [5.74, 6) is 0.818. The quantitative estimate of drug-likeness (QED) is 0.826. The molecule has 1 aromatic carbocycles. The first-order chi connectivity index (χ1) is 11.6. The normalized spacial score (nSPS) is 16.6. The Labute approximate surface area is 146 Å². The molecule has 1 aliphatic rings. The zero-order valence-electron chi connectivity index (χ0n) is 13.5. The average Bonchev–Trinajstić information content (AvgIpc) is 2.61. The number of hydrogen-bond acceptors (Lipinski definition) is 4. The number of methoxy groups -OCH3 is 1. The highest BCUT2D eigenvalue weighted by molar-refractivity contribution is 6.30. The van der Waals surface area contributed by atoms with Gasteiger partial charge >= 0.3 is 0 Å². The molecule has 0 aliphatic carbocycles. The predicted molar refractivity (Wildman–Crippen MR) is 92.4 cm³/mol. The van der Waals surface area contributed by atoms with Gasteiger partial charge in [-0.15, -0.1) is 0 Å². The second-order valence-electron chi connectivity index (χ2n) is 5.94. The summed E-state index contributed by atoms with van der Waals surface area (Å²) in [6.45, 7) is 1.92. The Morgan fingerprint density at radius 2 is 2.08 bits per heavy atom. The molecule has 6 heteroatoms. The van der Waals surface area contributed by atoms with Gasteiger partial charge in [0.25, 0.3) is 0 Å². The molecule has 0 radical (unpaired) electrons. The molecule has 0 saturated carbocycles. The third-order valence-electron chi connectivity index (χ3n) is 4.51. The Hall–Kier alpha value is -1.85. The van der Waals surface area contributed by atoms with Crippen LogP contribution in [0.4, 0.5) is 10.2 Å². The van der Waals surface area contributed by atoms with Gasteiger partial charge in [0.2, 0.25) is 5.95 Å². The molecule has 128 valence electrons. The van der Waals surface area contributed by atoms with E-state index in [2.05, 4.69) is 10.3 Å². The molecular formula is C18H20ClFN2O2. The van der Waals surface area contributed by atoms with Gasteiger partial charge in [0.05, 0.1) is 7.11 Å². The van der Waals surface area contributed by atoms with Gasteiger partial charge in [0, 0.05) is 35.8 Å². The highest BCUT2D eigenvalue weighted by Crippen LogP contribution is 2.41. The van der Waals surface area contributed by atoms with Crippen LogP contribution in [0, 0.1) is 5.95 Å². The van der Waals surface area contributed by atoms with Gasteiger partial charge in [-0.2, -0.15) is 4.39 Å². The van der Waals surface area contributed by atoms with Gasteiger partial charge in [-0.3, -0.25) is 0 Å². The number of nitrogens with one attached hydrogen (secondary N) is 1. The van der Waals surface area contributed by atoms with E-state index < -0.39 is 5.95 Å². The zero-order chi connectivity index (χ0) is 17.0. The second kappa shape index (κ2) is 7.36. The molecule has 1 fully saturated rings. The van der Waals surface area contributed by atoms with Crippen molar-refractivity contribution in [2.24, 2.45) is 0 Å². The van der Waals surface area contributed by atoms with Crippen LogP contribution in [0.25, 0.3) is 0 Å². The lowest BCUT2D eigenvalue weighted by Gasteiger charge is -2.38. The van der Waals surface area contributed by atoms with Crippen LogP contribution in [-0.2, 0) is 10.2 Å². The van der Waals surface area contributed by atoms with E-state index in [0.717, 1.165) is 24.2 Å². The molecule has 24 heavy (non-hydrogen) atoms. The number of ether oxygens (including phenoxy) is 2. The molecule has 0 unspecified atom stereocenters. The first kappa shape index (κ1) is 17.0. The molecule has 2 aromatic rings. The summed E-state index contributed by atoms with van der Waals surface area (Å²) < 4.78 is 24.4. The highest BCUT2D eigenvalue weighted by atomic mass is 35.5. The van der Waals surface area contributed by atoms with E-state index in [4.69, 9.17) is 21.1 Å². The summed E-state index contributed by atoms with van der Waals surface area (Å²) in [5.41, 5.74) is 0.840. The Balaban J connectivity index is 1.91. The van der Waals surface area contributed by atoms with E-state index in [0.29, 0.717) is 30.6 Å². The van der Waals surface area contributed by atoms with Gasteiger partial charge < -0.3 is 14.8 Å². The van der Waals surface area contributed by atoms with Crippen molar-refractivity contribution in [3.05, 3.63) is 52.9 Å². The van der Waals surface area contributed by atoms with Crippen molar-refractivity contribution < 1.29 is 13.9 Å². The van der Waals surface area contributed by atoms with Crippen molar-refractivity contribution in [2.75, 3.05) is 32.2 Å². The molecule has 1 aliphatic heterocycles. The monoisotopic (exact) mass is 350 g/mol. The molecule has 0 amide bonds. The van der Waals surface area contributed by atoms with Crippen molar-refractivity contribution >= 4 is 17.4 Å². The number of nitrogens with zero attached hydrogens (tertiary/aromatic N) is 1. The number of hydrogen-bond donors (Lipinski definition) is 1. The van der Waals surface area contributed by atoms with Crippen molar-refractivity contribution in [1.82, 2.24) is 4.98 Å². The lowest BCUT2D eigenvalue weighted by molar-refractivity contribution is 0.0535. The topological polar surface area (TPSA) is 43.4 Å². The maximum absolute atomic E-state index is 13.3. The molecule has 1 N–H and O–H groups in total. The van der Waals surface area contributed by atoms with Crippen LogP contribution < -0.4 is 10.1 Å². The SMILES string of the molecule is COc1ccc(Cl)cc1C1(CNc2cccc(F)n2)CCOCC1. The number of anilines is 1. The lowest BCUT2D eigenvalue weighted by atomic mass is 9.73. The van der Waals surface area contributed by atoms with Crippen molar-refractivity contribution in [3.63, 3.8) is 0 Å². The van der Waals surface area contributed by atoms with Crippen LogP contribution in [0.15, 0.2) is 36.4 Å². The van der Waals surface area contributed by atoms with E-state index in [-0.39, 0.29) is 5.41 Å². The predicted octanol–water partition coefficient (Wildman–Crippen LogP) is 4.04. The van der Waals surface area contributed by atoms with Gasteiger partial charge in [0.1, 0.15) is 11.6 Å². The number of pyridine rings is 1. The third-order valence-corrected chi connectivity index (χ3v) is 4.74. The maximum Gasteiger partial charge on any atom is 0.214 e. The Morgan fingerprint density at radius 1 is 1.29 bits per heavy atom. The van der Waals surface area contributed by atoms with E-state index in [1.807, 2.05) is 18.2 Å². The van der Waals surface area contributed by atoms with Crippen LogP contribution >= 0.6 is 11.6 Å². The van der Waals surface area contributed by atoms with Gasteiger partial charge in [-0.05, 0) is 43.2 Å². The summed E-state index contributed by atoms with van der Waals surface area (Å²) in [4.78, 5) is 3.88. The summed E-state index contributed by atoms with van der Waals surface area (Å²) >= 11 is 6.22. The molecule has 1 aromatic heterocycles. The number of halogens is 2. The highest BCUT2D eigenvalue weighted by Gasteiger charge is 2.37. The van der Waals surface area contributed by atoms with E-state index in [9.17, 15) is 4.39 Å². The van der Waals surface area contributed by atoms with Crippen LogP contribution in [0.3, 0.4) is 0 Å². The van der Waals surface area contributed by atoms with E-state index >= 15 is 0 Å². The van der Waals surface area contributed by atoms with Gasteiger partial charge in [-0.1, -0.05) is 17.7 Å². The first-order valence-electron chi connectivity index (χ1n) is 7.91. The summed E-state index contributed by atoms with van der Waals surface area (Å²) in [6, 6.07) is 10.4. The van der Waals surface area contributed by atoms with Crippen LogP contribution in [0.5, 0.6) is 5.75 Å². The molecule has 0 bridgehead atoms. The Morgan fingerprint density at radius 3 is 2.79 bits per heavy atom. The molecule has 2 heterocycles. The number of aromatic nitrogens is 1. The minimum absolute atomic E-state index is 0.206. The molecule has 4 nitrogen and oxygen atoms in total. The van der Waals surface area contributed by atoms with E-state index in [1.165, 1.54) is 6.07 Å². The summed E-state index contributed by atoms with van der Waals surface area (Å²) in [6.07, 6.45) is 1.65. The fourth-order valence-corrected chi connectivity index (χ4v) is 3.34. The molecule has 0 atom stereocenters. The summed E-state index contributed by atoms with van der Waals surface area (Å²) in [5, 5.41) is 3.93. The van der Waals surface area contributed by atoms with Crippen LogP contribution in [-0.4, -0.2) is 31.9 Å². The minimum Gasteiger partial charge on any atom is -0.496 e. The Bertz CT molecular complexity index is 705. The molecule has 1 saturated heterocycles. The van der Waals surface area contributed by atoms with Gasteiger partial charge in [0.15, 0.2) is 0 Å². The van der Waals surface area contributed by atoms with Crippen LogP contribution in [0.1, 0.15) is 18.4 Å². The molecular weight excluding hydrogens is 331 g/mol. The van der Waals surface area contributed by atoms with Gasteiger partial charge in [-0.25, -0.2) is 4.98 Å². The number of rotatable bonds is 5. The fraction of sp³-hybridized carbons (Fsp3) is 0.389. The van der Waals surface area contributed by atoms with Crippen molar-refractivity contribution in [3.8, 4) is 5.75 Å². The minimum atomic E-state index is -0.499. The standard InChI is InChI=1S/C18H20ClFN2O2/c1-23-15-6-5-13(19)11-14(15)18(7-9-24-10-8-18)12-21-17-4-2-3-16(20)22-17/h2-6,11H,7-10,12H2,1H3,(H,21,22). The second-order valence-corrected chi connectivity index (χ2v) is 6.37. The zero-order valence-corrected chi connectivity index (χ0v) is 14.3. The average molecular weight is 351 g/mol. The third kappa shape index (κ3) is 3.62. The van der Waals surface area contributed by atoms with E-state index in [1.54, 1.807) is 19.2 Å². The fourth-order valence-electron chi connectivity index (χ4n) is 3.16. The Kier molecular flexibility index (Phi) is 5.21. The van der Waals surface area contributed by atoms with Crippen LogP contribution in [0.2, 0.25) is 5.02 Å². The van der Waals surface area contributed by atoms with Crippen molar-refractivity contribution in [1.29, 1.82) is 0 Å². The smallest absolute Gasteiger partial charge is 0.214 e. The van der Waals surface area contributed by atoms with Crippen molar-refractivity contribution in [2.45, 2.75) is 18.3 Å². The molecule has 0 spiro atoms. The summed E-state index contributed by atoms with van der Waals surface area (Å²) in [7, 11) is 1.65. The number of benzene rings is 1.